The van der Waals surface area contributed by atoms with Crippen LogP contribution in [0.2, 0.25) is 0 Å². The molecule has 3 aromatic rings. The summed E-state index contributed by atoms with van der Waals surface area (Å²) in [6.07, 6.45) is 5.23. The Labute approximate surface area is 334 Å². The number of rotatable bonds is 11. The molecule has 0 aliphatic carbocycles. The van der Waals surface area contributed by atoms with Crippen molar-refractivity contribution in [3.8, 4) is 0 Å². The summed E-state index contributed by atoms with van der Waals surface area (Å²) in [4.78, 5) is 22.9. The summed E-state index contributed by atoms with van der Waals surface area (Å²) in [5.74, 6) is -0.231. The molecule has 1 unspecified atom stereocenters. The van der Waals surface area contributed by atoms with Crippen molar-refractivity contribution >= 4 is 8.60 Å². The Morgan fingerprint density at radius 2 is 0.833 bits per heavy atom. The first-order valence-corrected chi connectivity index (χ1v) is 21.9. The van der Waals surface area contributed by atoms with E-state index in [0.717, 1.165) is 43.2 Å². The summed E-state index contributed by atoms with van der Waals surface area (Å²) in [6, 6.07) is 21.0. The lowest BCUT2D eigenvalue weighted by Crippen LogP contribution is -2.42. The van der Waals surface area contributed by atoms with E-state index in [1.54, 1.807) is 0 Å². The smallest absolute Gasteiger partial charge is 0.328 e. The van der Waals surface area contributed by atoms with Crippen molar-refractivity contribution in [3.63, 3.8) is 0 Å². The molecule has 0 heterocycles. The molecule has 302 valence electrons. The van der Waals surface area contributed by atoms with Gasteiger partial charge in [0, 0.05) is 5.92 Å². The highest BCUT2D eigenvalue weighted by Crippen LogP contribution is 2.59. The minimum absolute atomic E-state index is 0.0301. The van der Waals surface area contributed by atoms with Crippen LogP contribution in [0.25, 0.3) is 0 Å². The van der Waals surface area contributed by atoms with E-state index < -0.39 is 14.2 Å². The fourth-order valence-corrected chi connectivity index (χ4v) is 8.63. The van der Waals surface area contributed by atoms with E-state index in [2.05, 4.69) is 186 Å². The highest BCUT2D eigenvalue weighted by Gasteiger charge is 2.51. The monoisotopic (exact) mass is 759 g/mol. The minimum Gasteiger partial charge on any atom is -0.328 e. The maximum Gasteiger partial charge on any atom is 0.328 e. The van der Waals surface area contributed by atoms with Crippen molar-refractivity contribution in [2.75, 3.05) is 0 Å². The zero-order valence-electron chi connectivity index (χ0n) is 38.1. The molecule has 3 nitrogen and oxygen atoms in total. The second kappa shape index (κ2) is 16.4. The van der Waals surface area contributed by atoms with Crippen LogP contribution >= 0.6 is 8.60 Å². The van der Waals surface area contributed by atoms with Crippen molar-refractivity contribution in [2.45, 2.75) is 208 Å². The molecule has 54 heavy (non-hydrogen) atoms. The van der Waals surface area contributed by atoms with Gasteiger partial charge < -0.3 is 9.79 Å². The van der Waals surface area contributed by atoms with Gasteiger partial charge in [-0.1, -0.05) is 212 Å². The summed E-state index contributed by atoms with van der Waals surface area (Å²) >= 11 is 0. The first kappa shape index (κ1) is 46.4. The van der Waals surface area contributed by atoms with E-state index in [1.807, 2.05) is 0 Å². The summed E-state index contributed by atoms with van der Waals surface area (Å²) in [7, 11) is -2.80. The van der Waals surface area contributed by atoms with Crippen molar-refractivity contribution in [3.05, 3.63) is 105 Å². The highest BCUT2D eigenvalue weighted by atomic mass is 31.2. The molecule has 2 N–H and O–H groups in total. The molecule has 0 saturated heterocycles. The van der Waals surface area contributed by atoms with Gasteiger partial charge >= 0.3 is 8.60 Å². The quantitative estimate of drug-likeness (QED) is 0.151. The standard InChI is InChI=1S/C50H79O3P/c1-20-21-22-23-24-38(37-28-25-34(44(2,3)4)31-41(37)47(11,12)13)50(53-54(51)52,39-29-26-35(45(5,6)7)32-42(39)48(14,15)16)40-30-27-36(46(8,9)10)33-43(40)49(17,18)19/h25-33,38,51-52H,20-24H2,1-19H3. The molecule has 0 aliphatic heterocycles. The number of benzene rings is 3. The van der Waals surface area contributed by atoms with Crippen molar-refractivity contribution in [1.82, 2.24) is 0 Å². The molecule has 0 spiro atoms. The topological polar surface area (TPSA) is 49.7 Å². The van der Waals surface area contributed by atoms with Gasteiger partial charge in [-0.15, -0.1) is 0 Å². The van der Waals surface area contributed by atoms with Crippen LogP contribution in [0.5, 0.6) is 0 Å². The number of unbranched alkanes of at least 4 members (excludes halogenated alkanes) is 3. The Balaban J connectivity index is 2.83. The summed E-state index contributed by atoms with van der Waals surface area (Å²) in [5.41, 5.74) is 8.57. The minimum atomic E-state index is -2.80. The van der Waals surface area contributed by atoms with Gasteiger partial charge in [-0.2, -0.15) is 0 Å². The maximum atomic E-state index is 11.4. The molecule has 4 heteroatoms. The lowest BCUT2D eigenvalue weighted by atomic mass is 9.62. The predicted octanol–water partition coefficient (Wildman–Crippen LogP) is 14.7. The predicted molar refractivity (Wildman–Crippen MR) is 236 cm³/mol. The van der Waals surface area contributed by atoms with Gasteiger partial charge in [0.05, 0.1) is 0 Å². The Bertz CT molecular complexity index is 1630. The Kier molecular flexibility index (Phi) is 14.1. The van der Waals surface area contributed by atoms with Crippen molar-refractivity contribution in [1.29, 1.82) is 0 Å². The van der Waals surface area contributed by atoms with Crippen LogP contribution in [-0.2, 0) is 42.6 Å². The van der Waals surface area contributed by atoms with Crippen LogP contribution in [-0.4, -0.2) is 9.79 Å². The summed E-state index contributed by atoms with van der Waals surface area (Å²) in [5, 5.41) is 0. The zero-order valence-corrected chi connectivity index (χ0v) is 39.0. The molecule has 0 saturated carbocycles. The van der Waals surface area contributed by atoms with E-state index in [4.69, 9.17) is 4.52 Å². The van der Waals surface area contributed by atoms with Gasteiger partial charge in [0.25, 0.3) is 0 Å². The maximum absolute atomic E-state index is 11.4. The summed E-state index contributed by atoms with van der Waals surface area (Å²) in [6.45, 7) is 43.4. The molecular formula is C50H79O3P. The second-order valence-electron chi connectivity index (χ2n) is 22.3. The fraction of sp³-hybridized carbons (Fsp3) is 0.640. The average molecular weight is 759 g/mol. The normalized spacial score (nSPS) is 14.6. The van der Waals surface area contributed by atoms with E-state index in [9.17, 15) is 9.79 Å². The first-order valence-electron chi connectivity index (χ1n) is 20.7. The van der Waals surface area contributed by atoms with Gasteiger partial charge in [-0.3, -0.25) is 4.52 Å². The third kappa shape index (κ3) is 10.7. The number of hydrogen-bond acceptors (Lipinski definition) is 3. The van der Waals surface area contributed by atoms with Crippen molar-refractivity contribution < 1.29 is 14.3 Å². The van der Waals surface area contributed by atoms with E-state index in [-0.39, 0.29) is 38.4 Å². The van der Waals surface area contributed by atoms with Gasteiger partial charge in [0.1, 0.15) is 5.60 Å². The molecule has 0 amide bonds. The Morgan fingerprint density at radius 1 is 0.463 bits per heavy atom. The largest absolute Gasteiger partial charge is 0.328 e. The third-order valence-electron chi connectivity index (χ3n) is 11.4. The van der Waals surface area contributed by atoms with Crippen LogP contribution in [0.15, 0.2) is 54.6 Å². The second-order valence-corrected chi connectivity index (χ2v) is 23.0. The summed E-state index contributed by atoms with van der Waals surface area (Å²) < 4.78 is 7.15. The molecule has 0 bridgehead atoms. The van der Waals surface area contributed by atoms with Gasteiger partial charge in [0.2, 0.25) is 0 Å². The molecule has 0 aromatic heterocycles. The molecule has 0 radical (unpaired) electrons. The lowest BCUT2D eigenvalue weighted by Gasteiger charge is -2.48. The molecule has 3 aromatic carbocycles. The molecular weight excluding hydrogens is 680 g/mol. The van der Waals surface area contributed by atoms with Crippen LogP contribution in [0.4, 0.5) is 0 Å². The van der Waals surface area contributed by atoms with Gasteiger partial charge in [-0.25, -0.2) is 0 Å². The molecule has 0 fully saturated rings. The first-order chi connectivity index (χ1) is 24.4. The van der Waals surface area contributed by atoms with E-state index >= 15 is 0 Å². The average Bonchev–Trinajstić information content (AvgIpc) is 3.00. The highest BCUT2D eigenvalue weighted by molar-refractivity contribution is 7.39. The third-order valence-corrected chi connectivity index (χ3v) is 11.8. The van der Waals surface area contributed by atoms with Crippen molar-refractivity contribution in [2.24, 2.45) is 0 Å². The molecule has 0 aliphatic rings. The Morgan fingerprint density at radius 3 is 1.17 bits per heavy atom. The molecule has 1 atom stereocenters. The van der Waals surface area contributed by atoms with Crippen LogP contribution in [0.1, 0.15) is 220 Å². The zero-order chi connectivity index (χ0) is 41.5. The van der Waals surface area contributed by atoms with Gasteiger partial charge in [-0.05, 0) is 89.0 Å². The fourth-order valence-electron chi connectivity index (χ4n) is 8.05. The van der Waals surface area contributed by atoms with Gasteiger partial charge in [0.15, 0.2) is 0 Å². The van der Waals surface area contributed by atoms with E-state index in [0.29, 0.717) is 0 Å². The van der Waals surface area contributed by atoms with Crippen LogP contribution in [0.3, 0.4) is 0 Å². The SMILES string of the molecule is CCCCCCC(c1ccc(C(C)(C)C)cc1C(C)(C)C)C(OP(O)O)(c1ccc(C(C)(C)C)cc1C(C)(C)C)c1ccc(C(C)(C)C)cc1C(C)(C)C. The van der Waals surface area contributed by atoms with Crippen LogP contribution < -0.4 is 0 Å². The molecule has 3 rings (SSSR count). The lowest BCUT2D eigenvalue weighted by molar-refractivity contribution is 0.0540. The number of hydrogen-bond donors (Lipinski definition) is 2. The Hall–Kier alpha value is -2.03. The van der Waals surface area contributed by atoms with E-state index in [1.165, 1.54) is 38.9 Å². The van der Waals surface area contributed by atoms with Crippen LogP contribution in [0, 0.1) is 0 Å².